The molecule has 0 radical (unpaired) electrons. The van der Waals surface area contributed by atoms with Crippen LogP contribution in [0.5, 0.6) is 0 Å². The van der Waals surface area contributed by atoms with Gasteiger partial charge in [-0.15, -0.1) is 0 Å². The van der Waals surface area contributed by atoms with E-state index in [1.165, 1.54) is 24.0 Å². The second-order valence-electron chi connectivity index (χ2n) is 7.08. The molecule has 1 aliphatic heterocycles. The van der Waals surface area contributed by atoms with Crippen LogP contribution in [0, 0.1) is 0 Å². The van der Waals surface area contributed by atoms with Crippen molar-refractivity contribution in [1.82, 2.24) is 24.4 Å². The number of amides is 1. The van der Waals surface area contributed by atoms with E-state index in [-0.39, 0.29) is 30.7 Å². The second kappa shape index (κ2) is 7.25. The van der Waals surface area contributed by atoms with Crippen LogP contribution >= 0.6 is 0 Å². The number of halogens is 3. The zero-order valence-electron chi connectivity index (χ0n) is 15.7. The van der Waals surface area contributed by atoms with Gasteiger partial charge >= 0.3 is 6.18 Å². The molecule has 0 aliphatic carbocycles. The highest BCUT2D eigenvalue weighted by Crippen LogP contribution is 2.33. The number of piperidine rings is 1. The van der Waals surface area contributed by atoms with Gasteiger partial charge in [0.05, 0.1) is 24.1 Å². The highest BCUT2D eigenvalue weighted by molar-refractivity contribution is 6.08. The Labute approximate surface area is 167 Å². The van der Waals surface area contributed by atoms with Crippen molar-refractivity contribution in [3.63, 3.8) is 0 Å². The summed E-state index contributed by atoms with van der Waals surface area (Å²) in [6.07, 6.45) is -2.14. The zero-order valence-corrected chi connectivity index (χ0v) is 15.7. The summed E-state index contributed by atoms with van der Waals surface area (Å²) in [5, 5.41) is 29.3. The quantitative estimate of drug-likeness (QED) is 0.564. The van der Waals surface area contributed by atoms with E-state index in [0.29, 0.717) is 5.82 Å². The number of aromatic nitrogens is 5. The molecule has 0 saturated carbocycles. The molecule has 1 fully saturated rings. The first-order chi connectivity index (χ1) is 14.1. The van der Waals surface area contributed by atoms with Crippen LogP contribution in [0.15, 0.2) is 24.7 Å². The van der Waals surface area contributed by atoms with Crippen LogP contribution in [0.1, 0.15) is 22.5 Å². The minimum Gasteiger partial charge on any atom is -0.391 e. The van der Waals surface area contributed by atoms with E-state index in [9.17, 15) is 28.2 Å². The number of alkyl halides is 3. The third-order valence-electron chi connectivity index (χ3n) is 4.67. The van der Waals surface area contributed by atoms with Crippen LogP contribution in [-0.2, 0) is 13.2 Å². The molecule has 4 rings (SSSR count). The van der Waals surface area contributed by atoms with Gasteiger partial charge in [0.1, 0.15) is 11.4 Å². The lowest BCUT2D eigenvalue weighted by molar-refractivity contribution is -0.140. The Kier molecular flexibility index (Phi) is 4.86. The van der Waals surface area contributed by atoms with Gasteiger partial charge in [-0.25, -0.2) is 9.50 Å². The molecule has 3 aromatic rings. The molecule has 0 spiro atoms. The number of aryl methyl sites for hydroxylation is 1. The third-order valence-corrected chi connectivity index (χ3v) is 4.67. The molecule has 0 aromatic carbocycles. The minimum atomic E-state index is -4.73. The van der Waals surface area contributed by atoms with Gasteiger partial charge in [-0.3, -0.25) is 9.48 Å². The number of carbonyl (C=O) groups excluding carboxylic acids is 1. The number of rotatable bonds is 3. The fraction of sp³-hybridized carbons (Fsp3) is 0.412. The number of β-amino-alcohol motifs (C(OH)–C–C–N with tert-alkyl or cyclic N) is 2. The summed E-state index contributed by atoms with van der Waals surface area (Å²) in [4.78, 5) is 18.7. The largest absolute Gasteiger partial charge is 0.437 e. The lowest BCUT2D eigenvalue weighted by atomic mass is 10.1. The van der Waals surface area contributed by atoms with Crippen molar-refractivity contribution in [2.45, 2.75) is 24.8 Å². The van der Waals surface area contributed by atoms with Crippen molar-refractivity contribution in [3.05, 3.63) is 35.9 Å². The maximum absolute atomic E-state index is 13.1. The van der Waals surface area contributed by atoms with Crippen molar-refractivity contribution in [2.24, 2.45) is 7.05 Å². The Morgan fingerprint density at radius 3 is 2.63 bits per heavy atom. The number of aliphatic hydroxyl groups is 2. The van der Waals surface area contributed by atoms with E-state index < -0.39 is 35.7 Å². The number of carbonyl (C=O) groups is 1. The SMILES string of the molecule is Cn1cc(NC(=O)c2cnn3ccc(N4C[C@@H](O)C[C@H](O)C4)nc23)c(C(F)(F)F)n1. The van der Waals surface area contributed by atoms with Gasteiger partial charge in [-0.05, 0) is 6.07 Å². The molecule has 160 valence electrons. The minimum absolute atomic E-state index is 0.0352. The normalized spacial score (nSPS) is 20.0. The lowest BCUT2D eigenvalue weighted by Crippen LogP contribution is -2.46. The van der Waals surface area contributed by atoms with E-state index in [2.05, 4.69) is 20.5 Å². The van der Waals surface area contributed by atoms with Gasteiger partial charge in [0.25, 0.3) is 5.91 Å². The first-order valence-electron chi connectivity index (χ1n) is 8.99. The summed E-state index contributed by atoms with van der Waals surface area (Å²) in [5.41, 5.74) is -1.60. The summed E-state index contributed by atoms with van der Waals surface area (Å²) in [6.45, 7) is 0.501. The van der Waals surface area contributed by atoms with E-state index in [1.807, 2.05) is 0 Å². The molecule has 2 atom stereocenters. The fourth-order valence-corrected chi connectivity index (χ4v) is 3.41. The monoisotopic (exact) mass is 425 g/mol. The molecule has 3 aromatic heterocycles. The smallest absolute Gasteiger partial charge is 0.391 e. The molecule has 1 saturated heterocycles. The Morgan fingerprint density at radius 2 is 1.97 bits per heavy atom. The van der Waals surface area contributed by atoms with E-state index in [4.69, 9.17) is 0 Å². The number of fused-ring (bicyclic) bond motifs is 1. The molecular weight excluding hydrogens is 407 g/mol. The molecule has 30 heavy (non-hydrogen) atoms. The number of anilines is 2. The number of nitrogens with one attached hydrogen (secondary N) is 1. The first-order valence-corrected chi connectivity index (χ1v) is 8.99. The van der Waals surface area contributed by atoms with Crippen molar-refractivity contribution in [2.75, 3.05) is 23.3 Å². The first kappa shape index (κ1) is 20.1. The van der Waals surface area contributed by atoms with E-state index >= 15 is 0 Å². The summed E-state index contributed by atoms with van der Waals surface area (Å²) in [6, 6.07) is 1.61. The summed E-state index contributed by atoms with van der Waals surface area (Å²) >= 11 is 0. The van der Waals surface area contributed by atoms with E-state index in [1.54, 1.807) is 11.0 Å². The van der Waals surface area contributed by atoms with Crippen molar-refractivity contribution < 1.29 is 28.2 Å². The Morgan fingerprint density at radius 1 is 1.27 bits per heavy atom. The highest BCUT2D eigenvalue weighted by Gasteiger charge is 2.38. The average Bonchev–Trinajstić information content (AvgIpc) is 3.23. The third kappa shape index (κ3) is 3.80. The maximum atomic E-state index is 13.1. The highest BCUT2D eigenvalue weighted by atomic mass is 19.4. The van der Waals surface area contributed by atoms with Crippen LogP contribution in [0.4, 0.5) is 24.7 Å². The van der Waals surface area contributed by atoms with Gasteiger partial charge in [0.2, 0.25) is 0 Å². The Hall–Kier alpha value is -3.19. The van der Waals surface area contributed by atoms with Crippen LogP contribution in [0.3, 0.4) is 0 Å². The predicted molar refractivity (Wildman–Crippen MR) is 98.0 cm³/mol. The molecular formula is C17H18F3N7O3. The van der Waals surface area contributed by atoms with E-state index in [0.717, 1.165) is 10.9 Å². The van der Waals surface area contributed by atoms with Crippen LogP contribution < -0.4 is 10.2 Å². The number of hydrogen-bond donors (Lipinski definition) is 3. The Balaban J connectivity index is 1.64. The van der Waals surface area contributed by atoms with Gasteiger partial charge in [0.15, 0.2) is 11.3 Å². The topological polar surface area (TPSA) is 121 Å². The summed E-state index contributed by atoms with van der Waals surface area (Å²) in [7, 11) is 1.31. The molecule has 1 amide bonds. The van der Waals surface area contributed by atoms with Crippen LogP contribution in [0.2, 0.25) is 0 Å². The van der Waals surface area contributed by atoms with Gasteiger partial charge in [-0.2, -0.15) is 23.4 Å². The lowest BCUT2D eigenvalue weighted by Gasteiger charge is -2.34. The number of nitrogens with zero attached hydrogens (tertiary/aromatic N) is 6. The zero-order chi connectivity index (χ0) is 21.6. The standard InChI is InChI=1S/C17H18F3N7O3/c1-25-8-12(14(24-25)17(18,19)20)22-16(30)11-5-21-27-3-2-13(23-15(11)27)26-6-9(28)4-10(29)7-26/h2-3,5,8-10,28-29H,4,6-7H2,1H3,(H,22,30)/t9-,10-/m0/s1. The number of hydrogen-bond acceptors (Lipinski definition) is 7. The average molecular weight is 425 g/mol. The Bertz CT molecular complexity index is 1080. The van der Waals surface area contributed by atoms with Gasteiger partial charge < -0.3 is 20.4 Å². The van der Waals surface area contributed by atoms with Crippen LogP contribution in [-0.4, -0.2) is 65.8 Å². The molecule has 0 bridgehead atoms. The van der Waals surface area contributed by atoms with Crippen molar-refractivity contribution in [1.29, 1.82) is 0 Å². The molecule has 3 N–H and O–H groups in total. The maximum Gasteiger partial charge on any atom is 0.437 e. The van der Waals surface area contributed by atoms with Crippen molar-refractivity contribution in [3.8, 4) is 0 Å². The second-order valence-corrected chi connectivity index (χ2v) is 7.08. The molecule has 10 nitrogen and oxygen atoms in total. The van der Waals surface area contributed by atoms with Crippen LogP contribution in [0.25, 0.3) is 5.65 Å². The predicted octanol–water partition coefficient (Wildman–Crippen LogP) is 0.666. The fourth-order valence-electron chi connectivity index (χ4n) is 3.41. The summed E-state index contributed by atoms with van der Waals surface area (Å²) < 4.78 is 41.6. The molecule has 13 heteroatoms. The van der Waals surface area contributed by atoms with Gasteiger partial charge in [0, 0.05) is 39.0 Å². The molecule has 0 unspecified atom stereocenters. The molecule has 1 aliphatic rings. The van der Waals surface area contributed by atoms with Crippen molar-refractivity contribution >= 4 is 23.1 Å². The van der Waals surface area contributed by atoms with Gasteiger partial charge in [-0.1, -0.05) is 0 Å². The number of aliphatic hydroxyl groups excluding tert-OH is 2. The summed E-state index contributed by atoms with van der Waals surface area (Å²) in [5.74, 6) is -0.431. The molecule has 4 heterocycles.